The third-order valence-electron chi connectivity index (χ3n) is 4.14. The minimum Gasteiger partial charge on any atom is -0.376 e. The monoisotopic (exact) mass is 341 g/mol. The Morgan fingerprint density at radius 1 is 1.08 bits per heavy atom. The highest BCUT2D eigenvalue weighted by Crippen LogP contribution is 2.35. The molecule has 0 spiro atoms. The van der Waals surface area contributed by atoms with Crippen molar-refractivity contribution in [3.8, 4) is 0 Å². The molecular weight excluding hydrogens is 318 g/mol. The maximum Gasteiger partial charge on any atom is 0.230 e. The largest absolute Gasteiger partial charge is 0.376 e. The lowest BCUT2D eigenvalue weighted by Gasteiger charge is -2.18. The molecule has 0 unspecified atom stereocenters. The minimum absolute atomic E-state index is 0.0763. The molecular formula is C20H23NO2S. The lowest BCUT2D eigenvalue weighted by atomic mass is 10.0. The predicted octanol–water partition coefficient (Wildman–Crippen LogP) is 3.80. The molecule has 4 heteroatoms. The number of carbonyl (C=O) groups is 1. The van der Waals surface area contributed by atoms with Crippen LogP contribution in [0, 0.1) is 0 Å². The van der Waals surface area contributed by atoms with Crippen LogP contribution >= 0.6 is 11.8 Å². The van der Waals surface area contributed by atoms with Crippen molar-refractivity contribution in [1.29, 1.82) is 0 Å². The Morgan fingerprint density at radius 2 is 1.71 bits per heavy atom. The van der Waals surface area contributed by atoms with Gasteiger partial charge in [-0.05, 0) is 24.0 Å². The molecule has 126 valence electrons. The van der Waals surface area contributed by atoms with Crippen molar-refractivity contribution in [2.75, 3.05) is 18.9 Å². The molecule has 0 aliphatic carbocycles. The second-order valence-electron chi connectivity index (χ2n) is 5.95. The molecule has 0 radical (unpaired) electrons. The van der Waals surface area contributed by atoms with Gasteiger partial charge in [-0.15, -0.1) is 11.8 Å². The highest BCUT2D eigenvalue weighted by molar-refractivity contribution is 8.00. The van der Waals surface area contributed by atoms with Gasteiger partial charge in [-0.3, -0.25) is 4.79 Å². The zero-order valence-corrected chi connectivity index (χ0v) is 14.5. The molecule has 1 amide bonds. The summed E-state index contributed by atoms with van der Waals surface area (Å²) in [7, 11) is 0. The maximum atomic E-state index is 12.2. The van der Waals surface area contributed by atoms with Crippen LogP contribution in [0.15, 0.2) is 60.7 Å². The molecule has 3 rings (SSSR count). The quantitative estimate of drug-likeness (QED) is 0.832. The topological polar surface area (TPSA) is 38.3 Å². The number of thioether (sulfide) groups is 1. The first kappa shape index (κ1) is 17.1. The van der Waals surface area contributed by atoms with E-state index in [2.05, 4.69) is 29.6 Å². The highest BCUT2D eigenvalue weighted by Gasteiger charge is 2.18. The Kier molecular flexibility index (Phi) is 6.33. The van der Waals surface area contributed by atoms with Gasteiger partial charge in [0.2, 0.25) is 5.91 Å². The summed E-state index contributed by atoms with van der Waals surface area (Å²) in [5.74, 6) is 0.522. The van der Waals surface area contributed by atoms with Gasteiger partial charge < -0.3 is 10.1 Å². The molecule has 0 aromatic heterocycles. The number of ether oxygens (including phenoxy) is 1. The Balaban J connectivity index is 1.59. The molecule has 1 heterocycles. The molecule has 0 saturated carbocycles. The number of benzene rings is 2. The van der Waals surface area contributed by atoms with Gasteiger partial charge >= 0.3 is 0 Å². The van der Waals surface area contributed by atoms with Gasteiger partial charge in [-0.1, -0.05) is 60.7 Å². The molecule has 24 heavy (non-hydrogen) atoms. The van der Waals surface area contributed by atoms with Crippen molar-refractivity contribution < 1.29 is 9.53 Å². The van der Waals surface area contributed by atoms with Crippen molar-refractivity contribution in [3.63, 3.8) is 0 Å². The third kappa shape index (κ3) is 4.86. The van der Waals surface area contributed by atoms with Gasteiger partial charge in [0.25, 0.3) is 0 Å². The van der Waals surface area contributed by atoms with Crippen molar-refractivity contribution in [3.05, 3.63) is 71.8 Å². The van der Waals surface area contributed by atoms with Crippen molar-refractivity contribution in [2.24, 2.45) is 0 Å². The van der Waals surface area contributed by atoms with Crippen LogP contribution in [-0.2, 0) is 9.53 Å². The fraction of sp³-hybridized carbons (Fsp3) is 0.350. The maximum absolute atomic E-state index is 12.2. The van der Waals surface area contributed by atoms with Gasteiger partial charge in [-0.2, -0.15) is 0 Å². The molecule has 0 bridgehead atoms. The first-order valence-electron chi connectivity index (χ1n) is 8.43. The lowest BCUT2D eigenvalue weighted by molar-refractivity contribution is -0.119. The van der Waals surface area contributed by atoms with Gasteiger partial charge in [0, 0.05) is 13.2 Å². The summed E-state index contributed by atoms with van der Waals surface area (Å²) in [6, 6.07) is 20.7. The lowest BCUT2D eigenvalue weighted by Crippen LogP contribution is -2.33. The van der Waals surface area contributed by atoms with E-state index in [0.717, 1.165) is 19.4 Å². The number of hydrogen-bond acceptors (Lipinski definition) is 3. The standard InChI is InChI=1S/C20H23NO2S/c22-19(21-14-18-12-7-13-23-18)15-24-20(16-8-3-1-4-9-16)17-10-5-2-6-11-17/h1-6,8-11,18,20H,7,12-15H2,(H,21,22)/t18-/m1/s1. The van der Waals surface area contributed by atoms with Crippen LogP contribution in [0.25, 0.3) is 0 Å². The van der Waals surface area contributed by atoms with Crippen LogP contribution in [0.5, 0.6) is 0 Å². The number of amides is 1. The average molecular weight is 341 g/mol. The van der Waals surface area contributed by atoms with E-state index in [1.54, 1.807) is 11.8 Å². The van der Waals surface area contributed by atoms with E-state index in [0.29, 0.717) is 12.3 Å². The van der Waals surface area contributed by atoms with Crippen molar-refractivity contribution in [1.82, 2.24) is 5.32 Å². The van der Waals surface area contributed by atoms with E-state index in [1.165, 1.54) is 11.1 Å². The second kappa shape index (κ2) is 8.90. The van der Waals surface area contributed by atoms with Crippen LogP contribution in [-0.4, -0.2) is 30.9 Å². The molecule has 2 aromatic rings. The first-order valence-corrected chi connectivity index (χ1v) is 9.47. The second-order valence-corrected chi connectivity index (χ2v) is 7.04. The van der Waals surface area contributed by atoms with Gasteiger partial charge in [0.15, 0.2) is 0 Å². The van der Waals surface area contributed by atoms with E-state index in [9.17, 15) is 4.79 Å². The summed E-state index contributed by atoms with van der Waals surface area (Å²) in [5.41, 5.74) is 2.45. The third-order valence-corrected chi connectivity index (χ3v) is 5.44. The molecule has 1 N–H and O–H groups in total. The molecule has 1 fully saturated rings. The van der Waals surface area contributed by atoms with Crippen LogP contribution in [0.2, 0.25) is 0 Å². The fourth-order valence-electron chi connectivity index (χ4n) is 2.88. The SMILES string of the molecule is O=C(CSC(c1ccccc1)c1ccccc1)NC[C@H]1CCCO1. The summed E-state index contributed by atoms with van der Waals surface area (Å²) in [6.45, 7) is 1.44. The number of rotatable bonds is 7. The fourth-order valence-corrected chi connectivity index (χ4v) is 4.00. The summed E-state index contributed by atoms with van der Waals surface area (Å²) >= 11 is 1.67. The van der Waals surface area contributed by atoms with Gasteiger partial charge in [-0.25, -0.2) is 0 Å². The number of hydrogen-bond donors (Lipinski definition) is 1. The van der Waals surface area contributed by atoms with Crippen LogP contribution in [0.3, 0.4) is 0 Å². The van der Waals surface area contributed by atoms with E-state index < -0.39 is 0 Å². The minimum atomic E-state index is 0.0763. The van der Waals surface area contributed by atoms with E-state index in [1.807, 2.05) is 36.4 Å². The average Bonchev–Trinajstić information content (AvgIpc) is 3.16. The van der Waals surface area contributed by atoms with Crippen LogP contribution in [0.4, 0.5) is 0 Å². The van der Waals surface area contributed by atoms with Crippen molar-refractivity contribution >= 4 is 17.7 Å². The Hall–Kier alpha value is -1.78. The summed E-state index contributed by atoms with van der Waals surface area (Å²) in [5, 5.41) is 3.17. The molecule has 1 aliphatic heterocycles. The van der Waals surface area contributed by atoms with Crippen LogP contribution < -0.4 is 5.32 Å². The van der Waals surface area contributed by atoms with E-state index >= 15 is 0 Å². The summed E-state index contributed by atoms with van der Waals surface area (Å²) in [4.78, 5) is 12.2. The summed E-state index contributed by atoms with van der Waals surface area (Å²) in [6.07, 6.45) is 2.33. The molecule has 2 aromatic carbocycles. The van der Waals surface area contributed by atoms with E-state index in [4.69, 9.17) is 4.74 Å². The smallest absolute Gasteiger partial charge is 0.230 e. The zero-order chi connectivity index (χ0) is 16.6. The van der Waals surface area contributed by atoms with Gasteiger partial charge in [0.05, 0.1) is 17.1 Å². The molecule has 1 aliphatic rings. The zero-order valence-electron chi connectivity index (χ0n) is 13.7. The summed E-state index contributed by atoms with van der Waals surface area (Å²) < 4.78 is 5.55. The predicted molar refractivity (Wildman–Crippen MR) is 99.2 cm³/mol. The van der Waals surface area contributed by atoms with Gasteiger partial charge in [0.1, 0.15) is 0 Å². The first-order chi connectivity index (χ1) is 11.8. The number of nitrogens with one attached hydrogen (secondary N) is 1. The van der Waals surface area contributed by atoms with E-state index in [-0.39, 0.29) is 17.3 Å². The van der Waals surface area contributed by atoms with Crippen LogP contribution in [0.1, 0.15) is 29.2 Å². The Bertz CT molecular complexity index is 587. The Morgan fingerprint density at radius 3 is 2.25 bits per heavy atom. The highest BCUT2D eigenvalue weighted by atomic mass is 32.2. The molecule has 3 nitrogen and oxygen atoms in total. The normalized spacial score (nSPS) is 17.1. The Labute approximate surface area is 147 Å². The molecule has 1 saturated heterocycles. The number of carbonyl (C=O) groups excluding carboxylic acids is 1. The van der Waals surface area contributed by atoms with Crippen molar-refractivity contribution in [2.45, 2.75) is 24.2 Å². The molecule has 1 atom stereocenters.